The highest BCUT2D eigenvalue weighted by Crippen LogP contribution is 2.44. The van der Waals surface area contributed by atoms with Crippen LogP contribution in [0.1, 0.15) is 11.1 Å². The first kappa shape index (κ1) is 14.1. The van der Waals surface area contributed by atoms with Gasteiger partial charge in [0.15, 0.2) is 0 Å². The van der Waals surface area contributed by atoms with E-state index in [1.165, 1.54) is 13.2 Å². The molecule has 1 heterocycles. The zero-order chi connectivity index (χ0) is 15.6. The molecule has 0 saturated heterocycles. The quantitative estimate of drug-likeness (QED) is 0.817. The molecule has 0 saturated carbocycles. The van der Waals surface area contributed by atoms with Gasteiger partial charge in [-0.3, -0.25) is 0 Å². The Morgan fingerprint density at radius 3 is 2.18 bits per heavy atom. The first-order valence-electron chi connectivity index (χ1n) is 6.83. The molecule has 0 unspecified atom stereocenters. The number of carbonyl (C=O) groups excluding carboxylic acids is 2. The molecule has 1 aliphatic heterocycles. The van der Waals surface area contributed by atoms with Crippen LogP contribution >= 0.6 is 0 Å². The molecule has 3 rings (SSSR count). The average molecular weight is 294 g/mol. The number of esters is 2. The molecule has 0 bridgehead atoms. The van der Waals surface area contributed by atoms with E-state index in [1.54, 1.807) is 24.3 Å². The van der Waals surface area contributed by atoms with Gasteiger partial charge >= 0.3 is 11.9 Å². The maximum absolute atomic E-state index is 12.5. The summed E-state index contributed by atoms with van der Waals surface area (Å²) >= 11 is 0. The molecule has 0 fully saturated rings. The largest absolute Gasteiger partial charge is 0.466 e. The summed E-state index contributed by atoms with van der Waals surface area (Å²) in [6, 6.07) is 18.1. The van der Waals surface area contributed by atoms with Crippen molar-refractivity contribution in [2.45, 2.75) is 5.60 Å². The molecule has 0 aliphatic carbocycles. The minimum atomic E-state index is -1.56. The lowest BCUT2D eigenvalue weighted by Gasteiger charge is -2.28. The van der Waals surface area contributed by atoms with Gasteiger partial charge in [-0.15, -0.1) is 0 Å². The van der Waals surface area contributed by atoms with Crippen LogP contribution in [0.15, 0.2) is 66.7 Å². The van der Waals surface area contributed by atoms with Gasteiger partial charge in [0.2, 0.25) is 0 Å². The Kier molecular flexibility index (Phi) is 3.51. The van der Waals surface area contributed by atoms with Crippen molar-refractivity contribution >= 4 is 17.5 Å². The smallest absolute Gasteiger partial charge is 0.360 e. The summed E-state index contributed by atoms with van der Waals surface area (Å²) in [6.07, 6.45) is 1.35. The van der Waals surface area contributed by atoms with Gasteiger partial charge in [0.05, 0.1) is 7.11 Å². The Bertz CT molecular complexity index is 734. The lowest BCUT2D eigenvalue weighted by molar-refractivity contribution is -0.169. The number of benzene rings is 2. The molecule has 110 valence electrons. The fourth-order valence-corrected chi connectivity index (χ4v) is 2.66. The van der Waals surface area contributed by atoms with Crippen LogP contribution < -0.4 is 0 Å². The van der Waals surface area contributed by atoms with Crippen LogP contribution in [0.5, 0.6) is 0 Å². The second kappa shape index (κ2) is 5.48. The monoisotopic (exact) mass is 294 g/mol. The molecule has 0 aromatic heterocycles. The summed E-state index contributed by atoms with van der Waals surface area (Å²) in [7, 11) is 1.28. The average Bonchev–Trinajstić information content (AvgIpc) is 2.94. The van der Waals surface area contributed by atoms with E-state index >= 15 is 0 Å². The van der Waals surface area contributed by atoms with Crippen molar-refractivity contribution < 1.29 is 19.1 Å². The number of cyclic esters (lactones) is 1. The van der Waals surface area contributed by atoms with Crippen molar-refractivity contribution in [3.05, 3.63) is 77.9 Å². The Balaban J connectivity index is 2.24. The number of rotatable bonds is 3. The normalized spacial score (nSPS) is 20.2. The highest BCUT2D eigenvalue weighted by molar-refractivity contribution is 6.09. The molecule has 2 aromatic rings. The van der Waals surface area contributed by atoms with Crippen molar-refractivity contribution in [2.24, 2.45) is 0 Å². The van der Waals surface area contributed by atoms with Crippen LogP contribution in [0, 0.1) is 0 Å². The third-order valence-corrected chi connectivity index (χ3v) is 3.63. The van der Waals surface area contributed by atoms with Gasteiger partial charge in [-0.1, -0.05) is 60.7 Å². The molecule has 2 aromatic carbocycles. The molecule has 1 aliphatic rings. The first-order chi connectivity index (χ1) is 10.7. The maximum atomic E-state index is 12.5. The third-order valence-electron chi connectivity index (χ3n) is 3.63. The molecule has 4 heteroatoms. The van der Waals surface area contributed by atoms with E-state index in [4.69, 9.17) is 9.47 Å². The van der Waals surface area contributed by atoms with E-state index in [-0.39, 0.29) is 0 Å². The maximum Gasteiger partial charge on any atom is 0.360 e. The summed E-state index contributed by atoms with van der Waals surface area (Å²) in [6.45, 7) is 0. The molecule has 0 amide bonds. The zero-order valence-electron chi connectivity index (χ0n) is 12.0. The van der Waals surface area contributed by atoms with E-state index in [1.807, 2.05) is 36.4 Å². The number of methoxy groups -OCH3 is 1. The minimum absolute atomic E-state index is 0.483. The summed E-state index contributed by atoms with van der Waals surface area (Å²) in [5, 5.41) is 0. The highest BCUT2D eigenvalue weighted by Gasteiger charge is 2.53. The van der Waals surface area contributed by atoms with Crippen molar-refractivity contribution in [1.82, 2.24) is 0 Å². The standard InChI is InChI=1S/C18H14O4/c1-21-17(20)18(14-10-6-3-7-11-14)15(12-16(19)22-18)13-8-4-2-5-9-13/h2-12H,1H3/t18-/m0/s1. The Hall–Kier alpha value is -2.88. The van der Waals surface area contributed by atoms with Gasteiger partial charge in [-0.25, -0.2) is 9.59 Å². The molecule has 0 radical (unpaired) electrons. The minimum Gasteiger partial charge on any atom is -0.466 e. The van der Waals surface area contributed by atoms with Crippen molar-refractivity contribution in [3.8, 4) is 0 Å². The predicted molar refractivity (Wildman–Crippen MR) is 80.6 cm³/mol. The van der Waals surface area contributed by atoms with Gasteiger partial charge in [0.25, 0.3) is 5.60 Å². The van der Waals surface area contributed by atoms with E-state index in [9.17, 15) is 9.59 Å². The second-order valence-corrected chi connectivity index (χ2v) is 4.88. The van der Waals surface area contributed by atoms with E-state index in [0.29, 0.717) is 11.1 Å². The number of hydrogen-bond acceptors (Lipinski definition) is 4. The van der Waals surface area contributed by atoms with Crippen LogP contribution in [-0.2, 0) is 24.7 Å². The molecule has 4 nitrogen and oxygen atoms in total. The summed E-state index contributed by atoms with van der Waals surface area (Å²) in [4.78, 5) is 24.5. The Morgan fingerprint density at radius 1 is 1.00 bits per heavy atom. The third kappa shape index (κ3) is 2.09. The van der Waals surface area contributed by atoms with Crippen LogP contribution in [-0.4, -0.2) is 19.0 Å². The number of carbonyl (C=O) groups is 2. The van der Waals surface area contributed by atoms with Crippen molar-refractivity contribution in [3.63, 3.8) is 0 Å². The number of ether oxygens (including phenoxy) is 2. The topological polar surface area (TPSA) is 52.6 Å². The zero-order valence-corrected chi connectivity index (χ0v) is 12.0. The summed E-state index contributed by atoms with van der Waals surface area (Å²) in [5.41, 5.74) is 0.218. The van der Waals surface area contributed by atoms with Gasteiger partial charge in [-0.05, 0) is 5.56 Å². The van der Waals surface area contributed by atoms with E-state index < -0.39 is 17.5 Å². The predicted octanol–water partition coefficient (Wildman–Crippen LogP) is 2.70. The van der Waals surface area contributed by atoms with E-state index in [0.717, 1.165) is 5.56 Å². The lowest BCUT2D eigenvalue weighted by atomic mass is 9.83. The number of hydrogen-bond donors (Lipinski definition) is 0. The summed E-state index contributed by atoms with van der Waals surface area (Å²) < 4.78 is 10.4. The van der Waals surface area contributed by atoms with Crippen molar-refractivity contribution in [1.29, 1.82) is 0 Å². The van der Waals surface area contributed by atoms with Crippen LogP contribution in [0.4, 0.5) is 0 Å². The molecule has 0 N–H and O–H groups in total. The van der Waals surface area contributed by atoms with Gasteiger partial charge in [0, 0.05) is 17.2 Å². The molecule has 22 heavy (non-hydrogen) atoms. The molecular weight excluding hydrogens is 280 g/mol. The molecular formula is C18H14O4. The highest BCUT2D eigenvalue weighted by atomic mass is 16.6. The van der Waals surface area contributed by atoms with Gasteiger partial charge in [-0.2, -0.15) is 0 Å². The fourth-order valence-electron chi connectivity index (χ4n) is 2.66. The van der Waals surface area contributed by atoms with Crippen molar-refractivity contribution in [2.75, 3.05) is 7.11 Å². The fraction of sp³-hybridized carbons (Fsp3) is 0.111. The second-order valence-electron chi connectivity index (χ2n) is 4.88. The first-order valence-corrected chi connectivity index (χ1v) is 6.83. The molecule has 0 spiro atoms. The van der Waals surface area contributed by atoms with Crippen LogP contribution in [0.25, 0.3) is 5.57 Å². The van der Waals surface area contributed by atoms with Gasteiger partial charge < -0.3 is 9.47 Å². The SMILES string of the molecule is COC(=O)[C@@]1(c2ccccc2)OC(=O)C=C1c1ccccc1. The van der Waals surface area contributed by atoms with Gasteiger partial charge in [0.1, 0.15) is 0 Å². The van der Waals surface area contributed by atoms with Crippen LogP contribution in [0.2, 0.25) is 0 Å². The Morgan fingerprint density at radius 2 is 1.59 bits per heavy atom. The Labute approximate surface area is 128 Å². The molecule has 1 atom stereocenters. The lowest BCUT2D eigenvalue weighted by Crippen LogP contribution is -2.39. The van der Waals surface area contributed by atoms with E-state index in [2.05, 4.69) is 0 Å². The van der Waals surface area contributed by atoms with Crippen LogP contribution in [0.3, 0.4) is 0 Å². The summed E-state index contributed by atoms with van der Waals surface area (Å²) in [5.74, 6) is -1.19.